The molecule has 0 atom stereocenters. The smallest absolute Gasteiger partial charge is 0.451 e. The van der Waals surface area contributed by atoms with Crippen LogP contribution >= 0.6 is 0 Å². The zero-order chi connectivity index (χ0) is 11.7. The van der Waals surface area contributed by atoms with Gasteiger partial charge in [0.25, 0.3) is 0 Å². The summed E-state index contributed by atoms with van der Waals surface area (Å²) in [5.74, 6) is 0.873. The molecular weight excluding hydrogens is 298 g/mol. The van der Waals surface area contributed by atoms with Gasteiger partial charge in [-0.25, -0.2) is 0 Å². The number of benzene rings is 1. The molecule has 0 unspecified atom stereocenters. The number of imidazole rings is 1. The molecule has 0 radical (unpaired) electrons. The summed E-state index contributed by atoms with van der Waals surface area (Å²) in [7, 11) is 4.05. The van der Waals surface area contributed by atoms with Gasteiger partial charge in [0, 0.05) is 11.6 Å². The molecule has 2 aromatic rings. The minimum atomic E-state index is 0. The first-order valence-corrected chi connectivity index (χ1v) is 6.10. The van der Waals surface area contributed by atoms with Crippen molar-refractivity contribution in [1.82, 2.24) is 14.9 Å². The number of nitrogens with one attached hydrogen (secondary N) is 2. The summed E-state index contributed by atoms with van der Waals surface area (Å²) in [5, 5.41) is 6.85. The van der Waals surface area contributed by atoms with Crippen LogP contribution in [0.4, 0.5) is 5.95 Å². The van der Waals surface area contributed by atoms with Crippen molar-refractivity contribution in [2.24, 2.45) is 0 Å². The summed E-state index contributed by atoms with van der Waals surface area (Å²) >= 11 is 0. The number of hydrogen-bond acceptors (Lipinski definition) is 3. The van der Waals surface area contributed by atoms with Gasteiger partial charge in [0.05, 0.1) is 5.95 Å². The molecule has 1 aromatic carbocycles. The van der Waals surface area contributed by atoms with Crippen molar-refractivity contribution < 1.29 is 58.2 Å². The van der Waals surface area contributed by atoms with E-state index in [1.165, 1.54) is 0 Å². The van der Waals surface area contributed by atoms with E-state index in [0.717, 1.165) is 42.9 Å². The number of fused-ring (bicyclic) bond motifs is 1. The van der Waals surface area contributed by atoms with E-state index in [0.29, 0.717) is 6.04 Å². The van der Waals surface area contributed by atoms with E-state index >= 15 is 0 Å². The van der Waals surface area contributed by atoms with Crippen LogP contribution in [0.25, 0.3) is 11.0 Å². The molecule has 90 valence electrons. The van der Waals surface area contributed by atoms with Crippen molar-refractivity contribution in [1.29, 1.82) is 0 Å². The first-order valence-electron chi connectivity index (χ1n) is 6.10. The quantitative estimate of drug-likeness (QED) is 0.688. The van der Waals surface area contributed by atoms with Crippen molar-refractivity contribution in [2.45, 2.75) is 18.9 Å². The van der Waals surface area contributed by atoms with Gasteiger partial charge >= 0.3 is 58.2 Å². The van der Waals surface area contributed by atoms with Crippen molar-refractivity contribution in [3.8, 4) is 0 Å². The van der Waals surface area contributed by atoms with Crippen LogP contribution in [0.1, 0.15) is 12.8 Å². The van der Waals surface area contributed by atoms with Gasteiger partial charge in [-0.1, -0.05) is 18.2 Å². The average Bonchev–Trinajstić information content (AvgIpc) is 2.68. The predicted octanol–water partition coefficient (Wildman–Crippen LogP) is -1.16. The normalized spacial score (nSPS) is 16.4. The number of nitrogens with zero attached hydrogens (tertiary/aromatic N) is 2. The molecule has 0 amide bonds. The maximum Gasteiger partial charge on any atom is 1.00 e. The summed E-state index contributed by atoms with van der Waals surface area (Å²) in [4.78, 5) is 4.58. The fourth-order valence-electron chi connectivity index (χ4n) is 2.33. The number of rotatable bonds is 2. The van der Waals surface area contributed by atoms with E-state index in [9.17, 15) is 0 Å². The van der Waals surface area contributed by atoms with Crippen LogP contribution in [0.3, 0.4) is 0 Å². The Morgan fingerprint density at radius 1 is 1.28 bits per heavy atom. The third-order valence-electron chi connectivity index (χ3n) is 3.33. The Balaban J connectivity index is 0.00000120. The van der Waals surface area contributed by atoms with Gasteiger partial charge < -0.3 is 15.2 Å². The number of aromatic nitrogens is 2. The Hall–Kier alpha value is 0.125. The maximum atomic E-state index is 4.58. The molecular formula is C13H17N4Rb. The molecule has 5 heteroatoms. The Labute approximate surface area is 156 Å². The fourth-order valence-corrected chi connectivity index (χ4v) is 2.33. The molecule has 3 rings (SSSR count). The first-order chi connectivity index (χ1) is 8.34. The minimum Gasteiger partial charge on any atom is -0.451 e. The molecule has 0 bridgehead atoms. The van der Waals surface area contributed by atoms with Crippen LogP contribution in [0.15, 0.2) is 24.3 Å². The fraction of sp³-hybridized carbons (Fsp3) is 0.385. The van der Waals surface area contributed by atoms with E-state index in [4.69, 9.17) is 0 Å². The number of para-hydroxylation sites is 2. The van der Waals surface area contributed by atoms with E-state index in [1.807, 2.05) is 28.8 Å². The van der Waals surface area contributed by atoms with Crippen LogP contribution in [-0.4, -0.2) is 28.7 Å². The molecule has 2 N–H and O–H groups in total. The van der Waals surface area contributed by atoms with E-state index in [1.54, 1.807) is 0 Å². The van der Waals surface area contributed by atoms with Gasteiger partial charge in [-0.15, -0.1) is 7.05 Å². The van der Waals surface area contributed by atoms with E-state index in [2.05, 4.69) is 22.7 Å². The molecule has 0 aliphatic carbocycles. The molecule has 1 aliphatic heterocycles. The van der Waals surface area contributed by atoms with Crippen LogP contribution in [-0.2, 0) is 0 Å². The van der Waals surface area contributed by atoms with Crippen molar-refractivity contribution in [3.63, 3.8) is 0 Å². The Morgan fingerprint density at radius 2 is 2.00 bits per heavy atom. The zero-order valence-electron chi connectivity index (χ0n) is 10.8. The van der Waals surface area contributed by atoms with Gasteiger partial charge in [0.1, 0.15) is 0 Å². The first kappa shape index (κ1) is 14.5. The maximum absolute atomic E-state index is 4.58. The van der Waals surface area contributed by atoms with Crippen molar-refractivity contribution in [2.75, 3.05) is 18.4 Å². The summed E-state index contributed by atoms with van der Waals surface area (Å²) in [6, 6.07) is 8.59. The summed E-state index contributed by atoms with van der Waals surface area (Å²) in [6.07, 6.45) is 2.28. The van der Waals surface area contributed by atoms with Crippen LogP contribution in [0.2, 0.25) is 0 Å². The standard InChI is InChI=1S/C13H17N4.Rb/c1-17-12-5-3-2-4-11(12)16-13(17)15-10-6-8-14-9-7-10;/h2-5,10,14H,1,6-9H2,(H,15,16);/q-1;+1. The average molecular weight is 315 g/mol. The molecule has 4 nitrogen and oxygen atoms in total. The van der Waals surface area contributed by atoms with Crippen molar-refractivity contribution >= 4 is 17.0 Å². The Bertz CT molecular complexity index is 517. The monoisotopic (exact) mass is 314 g/mol. The van der Waals surface area contributed by atoms with Crippen molar-refractivity contribution in [3.05, 3.63) is 31.3 Å². The third kappa shape index (κ3) is 2.99. The van der Waals surface area contributed by atoms with Crippen LogP contribution < -0.4 is 68.8 Å². The minimum absolute atomic E-state index is 0. The summed E-state index contributed by atoms with van der Waals surface area (Å²) in [6.45, 7) is 2.16. The second-order valence-corrected chi connectivity index (χ2v) is 4.52. The van der Waals surface area contributed by atoms with Crippen LogP contribution in [0.5, 0.6) is 0 Å². The van der Waals surface area contributed by atoms with Gasteiger partial charge in [-0.05, 0) is 37.5 Å². The molecule has 1 fully saturated rings. The second-order valence-electron chi connectivity index (χ2n) is 4.52. The van der Waals surface area contributed by atoms with Gasteiger partial charge in [-0.2, -0.15) is 0 Å². The molecule has 0 saturated carbocycles. The molecule has 1 saturated heterocycles. The predicted molar refractivity (Wildman–Crippen MR) is 70.0 cm³/mol. The SMILES string of the molecule is [CH2-]n1c(NC2CCNCC2)nc2ccccc21.[Rb+]. The molecule has 18 heavy (non-hydrogen) atoms. The number of hydrogen-bond donors (Lipinski definition) is 2. The number of anilines is 1. The zero-order valence-corrected chi connectivity index (χ0v) is 15.7. The third-order valence-corrected chi connectivity index (χ3v) is 3.33. The largest absolute Gasteiger partial charge is 1.00 e. The molecule has 0 spiro atoms. The topological polar surface area (TPSA) is 41.9 Å². The number of piperidine rings is 1. The Morgan fingerprint density at radius 3 is 2.72 bits per heavy atom. The van der Waals surface area contributed by atoms with Crippen LogP contribution in [0, 0.1) is 7.05 Å². The van der Waals surface area contributed by atoms with Gasteiger partial charge in [0.15, 0.2) is 0 Å². The molecule has 2 heterocycles. The van der Waals surface area contributed by atoms with E-state index in [-0.39, 0.29) is 58.2 Å². The molecule has 1 aliphatic rings. The van der Waals surface area contributed by atoms with Gasteiger partial charge in [0.2, 0.25) is 0 Å². The Kier molecular flexibility index (Phi) is 5.27. The molecule has 1 aromatic heterocycles. The second kappa shape index (κ2) is 6.52. The summed E-state index contributed by atoms with van der Waals surface area (Å²) < 4.78 is 1.89. The van der Waals surface area contributed by atoms with Gasteiger partial charge in [-0.3, -0.25) is 4.98 Å². The summed E-state index contributed by atoms with van der Waals surface area (Å²) in [5.41, 5.74) is 2.07. The van der Waals surface area contributed by atoms with E-state index < -0.39 is 0 Å².